The van der Waals surface area contributed by atoms with Crippen molar-refractivity contribution < 1.29 is 24.3 Å². The maximum absolute atomic E-state index is 13.2. The lowest BCUT2D eigenvalue weighted by molar-refractivity contribution is -0.139. The van der Waals surface area contributed by atoms with Crippen LogP contribution in [-0.2, 0) is 19.2 Å². The molecule has 0 aromatic carbocycles. The molecule has 0 radical (unpaired) electrons. The summed E-state index contributed by atoms with van der Waals surface area (Å²) in [6, 6.07) is -0.928. The molecule has 2 rings (SSSR count). The van der Waals surface area contributed by atoms with Gasteiger partial charge in [-0.3, -0.25) is 19.2 Å². The number of aliphatic carboxylic acids is 1. The van der Waals surface area contributed by atoms with Crippen LogP contribution in [0.25, 0.3) is 0 Å². The van der Waals surface area contributed by atoms with Crippen molar-refractivity contribution in [2.24, 2.45) is 5.73 Å². The molecule has 1 saturated heterocycles. The molecule has 9 nitrogen and oxygen atoms in total. The normalized spacial score (nSPS) is 21.6. The summed E-state index contributed by atoms with van der Waals surface area (Å²) in [5, 5.41) is 14.1. The first-order valence-electron chi connectivity index (χ1n) is 9.84. The summed E-state index contributed by atoms with van der Waals surface area (Å²) < 4.78 is 0. The van der Waals surface area contributed by atoms with Crippen molar-refractivity contribution in [3.05, 3.63) is 11.6 Å². The van der Waals surface area contributed by atoms with Crippen molar-refractivity contribution in [1.29, 1.82) is 0 Å². The maximum Gasteiger partial charge on any atom is 0.305 e. The number of nitrogens with zero attached hydrogens (tertiary/aromatic N) is 1. The number of unbranched alkanes of at least 4 members (excludes halogenated alkanes) is 1. The number of carbonyl (C=O) groups excluding carboxylic acids is 3. The molecule has 2 bridgehead atoms. The first-order valence-corrected chi connectivity index (χ1v) is 9.84. The van der Waals surface area contributed by atoms with Gasteiger partial charge in [0.1, 0.15) is 6.04 Å². The highest BCUT2D eigenvalue weighted by Gasteiger charge is 2.44. The SMILES string of the molecule is CC(=O)N[C@H](CCCCN)C(=O)N1C2CC=C(C(=O)NCCC(=O)O)C1CC2. The number of amides is 3. The monoisotopic (exact) mass is 394 g/mol. The first-order chi connectivity index (χ1) is 13.3. The Labute approximate surface area is 164 Å². The fourth-order valence-corrected chi connectivity index (χ4v) is 3.96. The van der Waals surface area contributed by atoms with Gasteiger partial charge < -0.3 is 26.4 Å². The van der Waals surface area contributed by atoms with E-state index in [9.17, 15) is 19.2 Å². The van der Waals surface area contributed by atoms with Gasteiger partial charge in [-0.15, -0.1) is 0 Å². The van der Waals surface area contributed by atoms with E-state index in [-0.39, 0.29) is 42.8 Å². The van der Waals surface area contributed by atoms with Gasteiger partial charge in [0.25, 0.3) is 0 Å². The molecule has 28 heavy (non-hydrogen) atoms. The summed E-state index contributed by atoms with van der Waals surface area (Å²) >= 11 is 0. The Bertz CT molecular complexity index is 648. The quantitative estimate of drug-likeness (QED) is 0.381. The summed E-state index contributed by atoms with van der Waals surface area (Å²) in [6.45, 7) is 1.96. The number of fused-ring (bicyclic) bond motifs is 2. The van der Waals surface area contributed by atoms with Gasteiger partial charge in [0.2, 0.25) is 17.7 Å². The second-order valence-corrected chi connectivity index (χ2v) is 7.32. The molecule has 5 N–H and O–H groups in total. The van der Waals surface area contributed by atoms with Crippen LogP contribution in [0.2, 0.25) is 0 Å². The molecule has 0 aliphatic carbocycles. The number of hydrogen-bond acceptors (Lipinski definition) is 5. The molecule has 0 spiro atoms. The van der Waals surface area contributed by atoms with Gasteiger partial charge in [-0.05, 0) is 45.1 Å². The summed E-state index contributed by atoms with van der Waals surface area (Å²) in [5.41, 5.74) is 6.04. The number of nitrogens with one attached hydrogen (secondary N) is 2. The molecule has 2 aliphatic heterocycles. The summed E-state index contributed by atoms with van der Waals surface area (Å²) in [4.78, 5) is 49.7. The number of nitrogens with two attached hydrogens (primary N) is 1. The minimum absolute atomic E-state index is 0.0267. The van der Waals surface area contributed by atoms with Gasteiger partial charge >= 0.3 is 5.97 Å². The van der Waals surface area contributed by atoms with Gasteiger partial charge in [0, 0.05) is 25.1 Å². The van der Waals surface area contributed by atoms with Crippen LogP contribution in [0.5, 0.6) is 0 Å². The highest BCUT2D eigenvalue weighted by Crippen LogP contribution is 2.36. The third-order valence-electron chi connectivity index (χ3n) is 5.23. The average molecular weight is 394 g/mol. The Kier molecular flexibility index (Phi) is 7.98. The van der Waals surface area contributed by atoms with E-state index in [2.05, 4.69) is 10.6 Å². The van der Waals surface area contributed by atoms with Crippen molar-refractivity contribution in [2.75, 3.05) is 13.1 Å². The Hall–Kier alpha value is -2.42. The van der Waals surface area contributed by atoms with Crippen LogP contribution >= 0.6 is 0 Å². The highest BCUT2D eigenvalue weighted by molar-refractivity contribution is 5.97. The number of carbonyl (C=O) groups is 4. The zero-order valence-corrected chi connectivity index (χ0v) is 16.3. The van der Waals surface area contributed by atoms with Crippen molar-refractivity contribution >= 4 is 23.7 Å². The van der Waals surface area contributed by atoms with Crippen molar-refractivity contribution in [3.8, 4) is 0 Å². The van der Waals surface area contributed by atoms with Gasteiger partial charge in [0.15, 0.2) is 0 Å². The van der Waals surface area contributed by atoms with E-state index in [1.54, 1.807) is 4.90 Å². The van der Waals surface area contributed by atoms with Crippen LogP contribution in [-0.4, -0.2) is 64.9 Å². The maximum atomic E-state index is 13.2. The van der Waals surface area contributed by atoms with E-state index in [1.807, 2.05) is 6.08 Å². The Morgan fingerprint density at radius 2 is 2.04 bits per heavy atom. The average Bonchev–Trinajstić information content (AvgIpc) is 2.92. The van der Waals surface area contributed by atoms with Gasteiger partial charge in [-0.25, -0.2) is 0 Å². The van der Waals surface area contributed by atoms with E-state index >= 15 is 0 Å². The van der Waals surface area contributed by atoms with Crippen LogP contribution in [0.1, 0.15) is 51.9 Å². The standard InChI is InChI=1S/C19H30N4O5/c1-12(24)22-15(4-2-3-10-20)19(28)23-13-5-7-14(16(23)8-6-13)18(27)21-11-9-17(25)26/h7,13,15-16H,2-6,8-11,20H2,1H3,(H,21,27)(H,22,24)(H,25,26)/t13?,15-,16?/m1/s1. The molecule has 0 aromatic heterocycles. The zero-order valence-electron chi connectivity index (χ0n) is 16.3. The summed E-state index contributed by atoms with van der Waals surface area (Å²) in [6.07, 6.45) is 5.78. The van der Waals surface area contributed by atoms with E-state index < -0.39 is 12.0 Å². The molecule has 0 saturated carbocycles. The molecule has 2 aliphatic rings. The van der Waals surface area contributed by atoms with Gasteiger partial charge in [-0.1, -0.05) is 6.08 Å². The van der Waals surface area contributed by atoms with Crippen LogP contribution < -0.4 is 16.4 Å². The first kappa shape index (κ1) is 21.9. The number of rotatable bonds is 10. The second-order valence-electron chi connectivity index (χ2n) is 7.32. The van der Waals surface area contributed by atoms with Gasteiger partial charge in [-0.2, -0.15) is 0 Å². The summed E-state index contributed by atoms with van der Waals surface area (Å²) in [5.74, 6) is -1.74. The lowest BCUT2D eigenvalue weighted by Gasteiger charge is -2.37. The van der Waals surface area contributed by atoms with Crippen molar-refractivity contribution in [1.82, 2.24) is 15.5 Å². The predicted octanol–water partition coefficient (Wildman–Crippen LogP) is -0.0993. The topological polar surface area (TPSA) is 142 Å². The molecule has 0 aromatic rings. The largest absolute Gasteiger partial charge is 0.481 e. The van der Waals surface area contributed by atoms with Crippen molar-refractivity contribution in [3.63, 3.8) is 0 Å². The Morgan fingerprint density at radius 3 is 2.68 bits per heavy atom. The minimum Gasteiger partial charge on any atom is -0.481 e. The number of carboxylic acids is 1. The number of carboxylic acid groups (broad SMARTS) is 1. The third-order valence-corrected chi connectivity index (χ3v) is 5.23. The number of hydrogen-bond donors (Lipinski definition) is 4. The fraction of sp³-hybridized carbons (Fsp3) is 0.684. The zero-order chi connectivity index (χ0) is 20.7. The fourth-order valence-electron chi connectivity index (χ4n) is 3.96. The Morgan fingerprint density at radius 1 is 1.29 bits per heavy atom. The molecule has 156 valence electrons. The smallest absolute Gasteiger partial charge is 0.305 e. The minimum atomic E-state index is -0.980. The third kappa shape index (κ3) is 5.54. The second kappa shape index (κ2) is 10.2. The van der Waals surface area contributed by atoms with Crippen LogP contribution in [0.15, 0.2) is 11.6 Å². The molecule has 1 fully saturated rings. The lowest BCUT2D eigenvalue weighted by atomic mass is 9.98. The molecular formula is C19H30N4O5. The van der Waals surface area contributed by atoms with Gasteiger partial charge in [0.05, 0.1) is 12.5 Å². The van der Waals surface area contributed by atoms with Crippen molar-refractivity contribution in [2.45, 2.75) is 70.0 Å². The molecule has 3 atom stereocenters. The molecule has 9 heteroatoms. The van der Waals surface area contributed by atoms with E-state index in [1.165, 1.54) is 6.92 Å². The lowest BCUT2D eigenvalue weighted by Crippen LogP contribution is -2.54. The molecule has 3 amide bonds. The van der Waals surface area contributed by atoms with Crippen LogP contribution in [0, 0.1) is 0 Å². The highest BCUT2D eigenvalue weighted by atomic mass is 16.4. The van der Waals surface area contributed by atoms with Crippen LogP contribution in [0.3, 0.4) is 0 Å². The van der Waals surface area contributed by atoms with E-state index in [4.69, 9.17) is 10.8 Å². The Balaban J connectivity index is 2.08. The molecular weight excluding hydrogens is 364 g/mol. The van der Waals surface area contributed by atoms with Crippen LogP contribution in [0.4, 0.5) is 0 Å². The molecule has 2 unspecified atom stereocenters. The predicted molar refractivity (Wildman–Crippen MR) is 102 cm³/mol. The van der Waals surface area contributed by atoms with E-state index in [0.717, 1.165) is 19.3 Å². The van der Waals surface area contributed by atoms with E-state index in [0.29, 0.717) is 31.4 Å². The molecule has 2 heterocycles. The summed E-state index contributed by atoms with van der Waals surface area (Å²) in [7, 11) is 0.